The third-order valence-corrected chi connectivity index (χ3v) is 9.03. The van der Waals surface area contributed by atoms with E-state index in [0.717, 1.165) is 28.5 Å². The number of hydrogen-bond donors (Lipinski definition) is 0. The van der Waals surface area contributed by atoms with Crippen molar-refractivity contribution < 1.29 is 4.48 Å². The van der Waals surface area contributed by atoms with E-state index in [1.165, 1.54) is 82.7 Å². The summed E-state index contributed by atoms with van der Waals surface area (Å²) in [6.07, 6.45) is 3.43. The average Bonchev–Trinajstić information content (AvgIpc) is 3.09. The smallest absolute Gasteiger partial charge is 0.104 e. The summed E-state index contributed by atoms with van der Waals surface area (Å²) < 4.78 is 2.28. The second-order valence-electron chi connectivity index (χ2n) is 11.6. The first-order valence-electron chi connectivity index (χ1n) is 14.4. The molecular weight excluding hydrogens is 528 g/mol. The summed E-state index contributed by atoms with van der Waals surface area (Å²) in [5.41, 5.74) is 12.2. The van der Waals surface area contributed by atoms with Crippen molar-refractivity contribution in [3.05, 3.63) is 110 Å². The Bertz CT molecular complexity index is 1250. The molecular formula is C35H46BrN2+. The molecule has 0 fully saturated rings. The highest BCUT2D eigenvalue weighted by Crippen LogP contribution is 2.43. The molecule has 1 aliphatic heterocycles. The second kappa shape index (κ2) is 12.2. The van der Waals surface area contributed by atoms with Gasteiger partial charge in [0, 0.05) is 27.8 Å². The van der Waals surface area contributed by atoms with Gasteiger partial charge in [0.2, 0.25) is 0 Å². The topological polar surface area (TPSA) is 3.24 Å². The Morgan fingerprint density at radius 3 is 1.95 bits per heavy atom. The van der Waals surface area contributed by atoms with Crippen LogP contribution in [0, 0.1) is 27.7 Å². The lowest BCUT2D eigenvalue weighted by Gasteiger charge is -2.37. The van der Waals surface area contributed by atoms with Gasteiger partial charge in [-0.05, 0) is 84.1 Å². The molecule has 0 saturated carbocycles. The van der Waals surface area contributed by atoms with Gasteiger partial charge < -0.3 is 9.38 Å². The van der Waals surface area contributed by atoms with Gasteiger partial charge in [-0.2, -0.15) is 0 Å². The molecule has 1 unspecified atom stereocenters. The van der Waals surface area contributed by atoms with Gasteiger partial charge in [0.1, 0.15) is 6.54 Å². The van der Waals surface area contributed by atoms with Crippen LogP contribution in [0.3, 0.4) is 0 Å². The zero-order chi connectivity index (χ0) is 27.4. The van der Waals surface area contributed by atoms with Crippen molar-refractivity contribution >= 4 is 21.6 Å². The molecule has 1 aliphatic rings. The van der Waals surface area contributed by atoms with Crippen molar-refractivity contribution in [2.75, 3.05) is 26.2 Å². The highest BCUT2D eigenvalue weighted by Gasteiger charge is 2.33. The molecule has 3 aromatic rings. The molecule has 3 heteroatoms. The molecule has 0 radical (unpaired) electrons. The highest BCUT2D eigenvalue weighted by molar-refractivity contribution is 9.10. The van der Waals surface area contributed by atoms with Crippen LogP contribution >= 0.6 is 15.9 Å². The van der Waals surface area contributed by atoms with Crippen molar-refractivity contribution in [1.29, 1.82) is 0 Å². The quantitative estimate of drug-likeness (QED) is 0.163. The van der Waals surface area contributed by atoms with E-state index in [-0.39, 0.29) is 0 Å². The van der Waals surface area contributed by atoms with Gasteiger partial charge >= 0.3 is 0 Å². The van der Waals surface area contributed by atoms with Gasteiger partial charge in [0.15, 0.2) is 0 Å². The van der Waals surface area contributed by atoms with Crippen molar-refractivity contribution in [3.8, 4) is 0 Å². The van der Waals surface area contributed by atoms with Crippen molar-refractivity contribution in [2.24, 2.45) is 0 Å². The number of halogens is 1. The Labute approximate surface area is 240 Å². The lowest BCUT2D eigenvalue weighted by Crippen LogP contribution is -2.47. The first-order valence-corrected chi connectivity index (χ1v) is 15.2. The number of benzene rings is 3. The van der Waals surface area contributed by atoms with E-state index in [1.54, 1.807) is 0 Å². The van der Waals surface area contributed by atoms with Crippen molar-refractivity contribution in [1.82, 2.24) is 4.90 Å². The van der Waals surface area contributed by atoms with Crippen LogP contribution in [0.4, 0.5) is 0 Å². The molecule has 3 aromatic carbocycles. The Balaban J connectivity index is 1.47. The Morgan fingerprint density at radius 2 is 1.37 bits per heavy atom. The predicted octanol–water partition coefficient (Wildman–Crippen LogP) is 9.09. The first kappa shape index (κ1) is 28.6. The molecule has 0 N–H and O–H groups in total. The highest BCUT2D eigenvalue weighted by atomic mass is 79.9. The van der Waals surface area contributed by atoms with Crippen LogP contribution in [0.15, 0.2) is 65.6 Å². The minimum Gasteiger partial charge on any atom is -0.364 e. The second-order valence-corrected chi connectivity index (χ2v) is 12.6. The Morgan fingerprint density at radius 1 is 0.789 bits per heavy atom. The summed E-state index contributed by atoms with van der Waals surface area (Å²) in [6, 6.07) is 21.1. The first-order chi connectivity index (χ1) is 18.1. The minimum absolute atomic E-state index is 0.346. The van der Waals surface area contributed by atoms with Crippen LogP contribution in [0.1, 0.15) is 77.2 Å². The predicted molar refractivity (Wildman–Crippen MR) is 167 cm³/mol. The van der Waals surface area contributed by atoms with Crippen LogP contribution in [0.25, 0.3) is 5.70 Å². The number of aryl methyl sites for hydroxylation is 4. The van der Waals surface area contributed by atoms with Crippen LogP contribution in [-0.4, -0.2) is 35.6 Å². The van der Waals surface area contributed by atoms with Crippen LogP contribution in [0.2, 0.25) is 0 Å². The normalized spacial score (nSPS) is 15.3. The third-order valence-electron chi connectivity index (χ3n) is 8.54. The molecule has 0 bridgehead atoms. The molecule has 202 valence electrons. The van der Waals surface area contributed by atoms with E-state index in [1.807, 2.05) is 0 Å². The summed E-state index contributed by atoms with van der Waals surface area (Å²) in [6.45, 7) is 23.9. The standard InChI is InChI=1S/C35H46BrN2/c1-8-38(9-2,24-31-20-27(5)17-28(6)21-31)15-11-10-14-37-29(7)34-23-32(36)12-13-33(34)35(37)22-30-18-25(3)16-26(4)19-30/h12-13,16-21,23,35H,7-11,14-15,22,24H2,1-6H3/q+1. The molecule has 38 heavy (non-hydrogen) atoms. The molecule has 2 nitrogen and oxygen atoms in total. The number of unbranched alkanes of at least 4 members (excludes halogenated alkanes) is 1. The van der Waals surface area contributed by atoms with Gasteiger partial charge in [0.25, 0.3) is 0 Å². The molecule has 1 heterocycles. The van der Waals surface area contributed by atoms with E-state index >= 15 is 0 Å². The van der Waals surface area contributed by atoms with Gasteiger partial charge in [-0.15, -0.1) is 0 Å². The van der Waals surface area contributed by atoms with E-state index in [9.17, 15) is 0 Å². The lowest BCUT2D eigenvalue weighted by atomic mass is 9.96. The molecule has 0 spiro atoms. The van der Waals surface area contributed by atoms with Crippen LogP contribution in [0.5, 0.6) is 0 Å². The number of rotatable bonds is 11. The number of nitrogens with zero attached hydrogens (tertiary/aromatic N) is 2. The zero-order valence-electron chi connectivity index (χ0n) is 24.4. The molecule has 1 atom stereocenters. The fourth-order valence-electron chi connectivity index (χ4n) is 6.62. The van der Waals surface area contributed by atoms with Crippen molar-refractivity contribution in [2.45, 2.75) is 73.4 Å². The summed E-state index contributed by atoms with van der Waals surface area (Å²) in [5, 5.41) is 0. The van der Waals surface area contributed by atoms with E-state index in [2.05, 4.69) is 124 Å². The number of quaternary nitrogens is 1. The Kier molecular flexibility index (Phi) is 9.21. The summed E-state index contributed by atoms with van der Waals surface area (Å²) >= 11 is 3.69. The van der Waals surface area contributed by atoms with Gasteiger partial charge in [-0.1, -0.05) is 87.2 Å². The summed E-state index contributed by atoms with van der Waals surface area (Å²) in [5.74, 6) is 0. The number of fused-ring (bicyclic) bond motifs is 1. The molecule has 0 aromatic heterocycles. The lowest BCUT2D eigenvalue weighted by molar-refractivity contribution is -0.938. The van der Waals surface area contributed by atoms with Gasteiger partial charge in [-0.25, -0.2) is 0 Å². The Hall–Kier alpha value is -2.36. The largest absolute Gasteiger partial charge is 0.364 e. The van der Waals surface area contributed by atoms with Crippen molar-refractivity contribution in [3.63, 3.8) is 0 Å². The van der Waals surface area contributed by atoms with Crippen LogP contribution < -0.4 is 0 Å². The molecule has 0 saturated heterocycles. The van der Waals surface area contributed by atoms with Gasteiger partial charge in [-0.3, -0.25) is 0 Å². The molecule has 0 amide bonds. The van der Waals surface area contributed by atoms with E-state index in [0.29, 0.717) is 6.04 Å². The summed E-state index contributed by atoms with van der Waals surface area (Å²) in [7, 11) is 0. The fraction of sp³-hybridized carbons (Fsp3) is 0.429. The maximum atomic E-state index is 4.58. The molecule has 4 rings (SSSR count). The summed E-state index contributed by atoms with van der Waals surface area (Å²) in [4.78, 5) is 2.59. The molecule has 0 aliphatic carbocycles. The van der Waals surface area contributed by atoms with E-state index in [4.69, 9.17) is 0 Å². The maximum absolute atomic E-state index is 4.58. The third kappa shape index (κ3) is 6.61. The SMILES string of the molecule is C=C1c2cc(Br)ccc2C(Cc2cc(C)cc(C)c2)N1CCCC[N+](CC)(CC)Cc1cc(C)cc(C)c1. The van der Waals surface area contributed by atoms with Gasteiger partial charge in [0.05, 0.1) is 25.7 Å². The number of hydrogen-bond acceptors (Lipinski definition) is 1. The monoisotopic (exact) mass is 573 g/mol. The maximum Gasteiger partial charge on any atom is 0.104 e. The average molecular weight is 575 g/mol. The fourth-order valence-corrected chi connectivity index (χ4v) is 6.98. The zero-order valence-corrected chi connectivity index (χ0v) is 26.0. The van der Waals surface area contributed by atoms with Crippen LogP contribution in [-0.2, 0) is 13.0 Å². The van der Waals surface area contributed by atoms with E-state index < -0.39 is 0 Å². The minimum atomic E-state index is 0.346.